The Morgan fingerprint density at radius 2 is 1.75 bits per heavy atom. The van der Waals surface area contributed by atoms with Crippen LogP contribution in [0.2, 0.25) is 0 Å². The van der Waals surface area contributed by atoms with Crippen LogP contribution < -0.4 is 5.32 Å². The van der Waals surface area contributed by atoms with Crippen LogP contribution >= 0.6 is 0 Å². The summed E-state index contributed by atoms with van der Waals surface area (Å²) in [4.78, 5) is 28.1. The van der Waals surface area contributed by atoms with Crippen LogP contribution in [0.3, 0.4) is 0 Å². The molecular formula is C53H73NO9. The average Bonchev–Trinajstić information content (AvgIpc) is 3.98. The summed E-state index contributed by atoms with van der Waals surface area (Å²) in [7, 11) is 0. The zero-order valence-corrected chi connectivity index (χ0v) is 37.6. The largest absolute Gasteiger partial charge is 0.454 e. The molecule has 10 heteroatoms. The number of aliphatic hydroxyl groups is 6. The maximum Gasteiger partial charge on any atom is 0.331 e. The molecule has 1 aromatic rings. The number of fused-ring (bicyclic) bond motifs is 7. The fourth-order valence-electron chi connectivity index (χ4n) is 17.8. The summed E-state index contributed by atoms with van der Waals surface area (Å²) < 4.78 is 6.23. The molecule has 4 bridgehead atoms. The van der Waals surface area contributed by atoms with E-state index in [0.29, 0.717) is 63.2 Å². The molecule has 1 spiro atoms. The first-order chi connectivity index (χ1) is 30.3. The van der Waals surface area contributed by atoms with Crippen LogP contribution in [0.4, 0.5) is 0 Å². The van der Waals surface area contributed by atoms with Gasteiger partial charge in [-0.3, -0.25) is 5.32 Å². The molecule has 344 valence electrons. The molecular weight excluding hydrogens is 795 g/mol. The molecule has 7 fully saturated rings. The molecule has 7 N–H and O–H groups in total. The predicted molar refractivity (Wildman–Crippen MR) is 236 cm³/mol. The van der Waals surface area contributed by atoms with Crippen molar-refractivity contribution in [3.63, 3.8) is 0 Å². The van der Waals surface area contributed by atoms with Gasteiger partial charge >= 0.3 is 5.97 Å². The Kier molecular flexibility index (Phi) is 11.5. The monoisotopic (exact) mass is 868 g/mol. The lowest BCUT2D eigenvalue weighted by atomic mass is 9.34. The van der Waals surface area contributed by atoms with Gasteiger partial charge in [-0.1, -0.05) is 88.8 Å². The van der Waals surface area contributed by atoms with Gasteiger partial charge < -0.3 is 40.2 Å². The van der Waals surface area contributed by atoms with E-state index >= 15 is 0 Å². The third-order valence-electron chi connectivity index (χ3n) is 20.5. The minimum absolute atomic E-state index is 0.0970. The maximum atomic E-state index is 14.6. The predicted octanol–water partition coefficient (Wildman–Crippen LogP) is 5.76. The molecule has 1 aliphatic heterocycles. The van der Waals surface area contributed by atoms with Crippen LogP contribution in [-0.2, 0) is 20.7 Å². The SMILES string of the molecule is CCCCC[C@@H]1C[C@]2(C=O)[C@H]3CC[C@@]45CCC#Cc6ccccc6C[C@@H](NCO)[C@@H]6C[C@@H](C[C@]4(O)[C@]3(O)[C@@H](O)[C@@H]3C[C@@H]([C@@H](C)C4CCCC4)CC[C@@H]([C@H]1O)[C@@]32O)[C@@H]5C1=CC(=O)O[C@@H]16. The first kappa shape index (κ1) is 44.2. The molecule has 7 saturated carbocycles. The highest BCUT2D eigenvalue weighted by atomic mass is 16.5. The van der Waals surface area contributed by atoms with Gasteiger partial charge in [-0.2, -0.15) is 0 Å². The van der Waals surface area contributed by atoms with Crippen molar-refractivity contribution in [2.24, 2.45) is 70.0 Å². The van der Waals surface area contributed by atoms with Crippen LogP contribution in [0.1, 0.15) is 141 Å². The van der Waals surface area contributed by atoms with Crippen LogP contribution in [-0.4, -0.2) is 90.8 Å². The van der Waals surface area contributed by atoms with Crippen molar-refractivity contribution in [2.75, 3.05) is 6.73 Å². The standard InChI is InChI=1S/C53H73NO9/c1-3-4-5-17-36-27-50(29-55)43-20-22-49-21-11-10-15-33-14-8-9-16-35(33)25-42(54-30-56)38-23-37(45(49)39-26-44(57)63-47(38)39)28-51(49,60)53(43,62)48(59)41-24-34(31(2)32-12-6-7-13-32)18-19-40(46(36)58)52(41,50)61/h8-9,14,16,26,29,31-32,34,36-38,40-43,45-48,54,56,58-62H,3-7,11-13,17-25,27-28,30H2,1-2H3/t31-,34-,36+,37-,38-,40-,41-,42+,43+,45+,46-,47+,48-,49+,50-,51+,52+,53+/m0/s1. The van der Waals surface area contributed by atoms with E-state index in [0.717, 1.165) is 61.5 Å². The summed E-state index contributed by atoms with van der Waals surface area (Å²) in [5.74, 6) is 3.62. The average molecular weight is 868 g/mol. The number of rotatable bonds is 9. The Morgan fingerprint density at radius 1 is 0.952 bits per heavy atom. The van der Waals surface area contributed by atoms with E-state index in [-0.39, 0.29) is 61.6 Å². The Balaban J connectivity index is 1.15. The highest BCUT2D eigenvalue weighted by Crippen LogP contribution is 2.78. The lowest BCUT2D eigenvalue weighted by Crippen LogP contribution is -2.85. The molecule has 0 amide bonds. The van der Waals surface area contributed by atoms with E-state index in [9.17, 15) is 40.2 Å². The highest BCUT2D eigenvalue weighted by molar-refractivity contribution is 5.86. The number of aliphatic hydroxyl groups excluding tert-OH is 3. The lowest BCUT2D eigenvalue weighted by Gasteiger charge is -2.73. The van der Waals surface area contributed by atoms with Crippen molar-refractivity contribution in [3.05, 3.63) is 47.0 Å². The lowest BCUT2D eigenvalue weighted by molar-refractivity contribution is -0.379. The second-order valence-corrected chi connectivity index (χ2v) is 22.5. The number of unbranched alkanes of at least 4 members (excludes halogenated alkanes) is 2. The summed E-state index contributed by atoms with van der Waals surface area (Å²) in [6, 6.07) is 7.71. The second-order valence-electron chi connectivity index (χ2n) is 22.5. The Morgan fingerprint density at radius 3 is 2.51 bits per heavy atom. The van der Waals surface area contributed by atoms with E-state index in [1.165, 1.54) is 12.8 Å². The number of ether oxygens (including phenoxy) is 1. The number of carbonyl (C=O) groups excluding carboxylic acids is 2. The topological polar surface area (TPSA) is 177 Å². The first-order valence-corrected chi connectivity index (χ1v) is 25.2. The van der Waals surface area contributed by atoms with Crippen molar-refractivity contribution >= 4 is 12.3 Å². The van der Waals surface area contributed by atoms with E-state index in [1.54, 1.807) is 6.08 Å². The summed E-state index contributed by atoms with van der Waals surface area (Å²) in [6.45, 7) is 4.18. The Bertz CT molecular complexity index is 2020. The Hall–Kier alpha value is -2.62. The van der Waals surface area contributed by atoms with Crippen LogP contribution in [0.5, 0.6) is 0 Å². The number of carbonyl (C=O) groups is 2. The number of benzene rings is 1. The number of aldehydes is 1. The van der Waals surface area contributed by atoms with Gasteiger partial charge in [-0.15, -0.1) is 0 Å². The van der Waals surface area contributed by atoms with Gasteiger partial charge in [-0.05, 0) is 123 Å². The number of nitrogens with one attached hydrogen (secondary N) is 1. The molecule has 10 rings (SSSR count). The van der Waals surface area contributed by atoms with Gasteiger partial charge in [0.15, 0.2) is 0 Å². The van der Waals surface area contributed by atoms with E-state index in [2.05, 4.69) is 37.1 Å². The van der Waals surface area contributed by atoms with Crippen LogP contribution in [0.25, 0.3) is 0 Å². The number of hydrogen-bond acceptors (Lipinski definition) is 10. The van der Waals surface area contributed by atoms with E-state index < -0.39 is 69.7 Å². The third-order valence-corrected chi connectivity index (χ3v) is 20.5. The van der Waals surface area contributed by atoms with Crippen molar-refractivity contribution in [3.8, 4) is 11.8 Å². The second kappa shape index (κ2) is 16.3. The van der Waals surface area contributed by atoms with Gasteiger partial charge in [0.25, 0.3) is 0 Å². The molecule has 1 aromatic carbocycles. The normalized spacial score (nSPS) is 47.9. The smallest absolute Gasteiger partial charge is 0.331 e. The first-order valence-electron chi connectivity index (χ1n) is 25.2. The summed E-state index contributed by atoms with van der Waals surface area (Å²) in [6.07, 6.45) is 12.3. The van der Waals surface area contributed by atoms with Crippen molar-refractivity contribution in [2.45, 2.75) is 177 Å². The van der Waals surface area contributed by atoms with E-state index in [1.807, 2.05) is 18.2 Å². The van der Waals surface area contributed by atoms with Gasteiger partial charge in [-0.25, -0.2) is 4.79 Å². The zero-order valence-electron chi connectivity index (χ0n) is 37.6. The third kappa shape index (κ3) is 6.14. The number of esters is 1. The van der Waals surface area contributed by atoms with Gasteiger partial charge in [0.1, 0.15) is 23.6 Å². The van der Waals surface area contributed by atoms with Crippen LogP contribution in [0.15, 0.2) is 35.9 Å². The van der Waals surface area contributed by atoms with Crippen molar-refractivity contribution < 1.29 is 45.0 Å². The molecule has 0 unspecified atom stereocenters. The molecule has 18 atom stereocenters. The fourth-order valence-corrected chi connectivity index (χ4v) is 17.8. The molecule has 0 aromatic heterocycles. The quantitative estimate of drug-likeness (QED) is 0.0532. The molecule has 0 radical (unpaired) electrons. The van der Waals surface area contributed by atoms with Crippen molar-refractivity contribution in [1.29, 1.82) is 0 Å². The highest BCUT2D eigenvalue weighted by Gasteiger charge is 2.85. The molecule has 10 nitrogen and oxygen atoms in total. The molecule has 9 aliphatic rings. The summed E-state index contributed by atoms with van der Waals surface area (Å²) in [5.41, 5.74) is -5.79. The summed E-state index contributed by atoms with van der Waals surface area (Å²) in [5, 5.41) is 82.2. The minimum Gasteiger partial charge on any atom is -0.454 e. The van der Waals surface area contributed by atoms with E-state index in [4.69, 9.17) is 4.74 Å². The molecule has 1 heterocycles. The minimum atomic E-state index is -2.21. The molecule has 8 aliphatic carbocycles. The fraction of sp³-hybridized carbons (Fsp3) is 0.774. The van der Waals surface area contributed by atoms with Gasteiger partial charge in [0, 0.05) is 53.2 Å². The Labute approximate surface area is 374 Å². The summed E-state index contributed by atoms with van der Waals surface area (Å²) >= 11 is 0. The number of hydrogen-bond donors (Lipinski definition) is 7. The van der Waals surface area contributed by atoms with Gasteiger partial charge in [0.2, 0.25) is 0 Å². The zero-order chi connectivity index (χ0) is 44.1. The van der Waals surface area contributed by atoms with Crippen molar-refractivity contribution in [1.82, 2.24) is 5.32 Å². The molecule has 0 saturated heterocycles. The van der Waals surface area contributed by atoms with Crippen LogP contribution in [0, 0.1) is 81.8 Å². The van der Waals surface area contributed by atoms with Gasteiger partial charge in [0.05, 0.1) is 30.0 Å². The molecule has 63 heavy (non-hydrogen) atoms. The maximum absolute atomic E-state index is 14.6.